The summed E-state index contributed by atoms with van der Waals surface area (Å²) >= 11 is 0. The minimum absolute atomic E-state index is 0. The van der Waals surface area contributed by atoms with E-state index in [-0.39, 0.29) is 29.8 Å². The molecule has 0 amide bonds. The first-order chi connectivity index (χ1) is 14.5. The SMILES string of the molecule is CN=C(NCc1ccc(F)c(CN(C)C)c1)NCC1CCCN1Cc1ccccc1.I. The number of benzene rings is 2. The number of guanidine groups is 1. The van der Waals surface area contributed by atoms with Crippen molar-refractivity contribution in [3.8, 4) is 0 Å². The van der Waals surface area contributed by atoms with Gasteiger partial charge in [0.05, 0.1) is 0 Å². The van der Waals surface area contributed by atoms with Crippen LogP contribution in [0.2, 0.25) is 0 Å². The monoisotopic (exact) mass is 539 g/mol. The fourth-order valence-electron chi connectivity index (χ4n) is 3.97. The highest BCUT2D eigenvalue weighted by atomic mass is 127. The Bertz CT molecular complexity index is 828. The summed E-state index contributed by atoms with van der Waals surface area (Å²) in [6.45, 7) is 4.19. The number of halogens is 2. The van der Waals surface area contributed by atoms with Crippen LogP contribution in [0.3, 0.4) is 0 Å². The second-order valence-corrected chi connectivity index (χ2v) is 8.22. The second-order valence-electron chi connectivity index (χ2n) is 8.22. The maximum absolute atomic E-state index is 14.0. The molecule has 1 saturated heterocycles. The molecular weight excluding hydrogens is 504 g/mol. The molecule has 0 bridgehead atoms. The van der Waals surface area contributed by atoms with E-state index in [1.54, 1.807) is 13.1 Å². The minimum Gasteiger partial charge on any atom is -0.355 e. The van der Waals surface area contributed by atoms with Gasteiger partial charge < -0.3 is 15.5 Å². The molecular formula is C24H35FIN5. The van der Waals surface area contributed by atoms with Gasteiger partial charge in [-0.15, -0.1) is 24.0 Å². The van der Waals surface area contributed by atoms with Crippen molar-refractivity contribution in [1.29, 1.82) is 0 Å². The topological polar surface area (TPSA) is 42.9 Å². The molecule has 0 spiro atoms. The van der Waals surface area contributed by atoms with Gasteiger partial charge in [-0.05, 0) is 56.7 Å². The Labute approximate surface area is 203 Å². The molecule has 2 N–H and O–H groups in total. The summed E-state index contributed by atoms with van der Waals surface area (Å²) in [7, 11) is 5.67. The van der Waals surface area contributed by atoms with Gasteiger partial charge in [0.15, 0.2) is 5.96 Å². The molecule has 0 aliphatic carbocycles. The van der Waals surface area contributed by atoms with Crippen LogP contribution >= 0.6 is 24.0 Å². The number of hydrogen-bond acceptors (Lipinski definition) is 3. The third-order valence-corrected chi connectivity index (χ3v) is 5.51. The molecule has 2 aromatic carbocycles. The Morgan fingerprint density at radius 3 is 2.61 bits per heavy atom. The van der Waals surface area contributed by atoms with E-state index in [1.165, 1.54) is 18.4 Å². The zero-order valence-electron chi connectivity index (χ0n) is 18.8. The summed E-state index contributed by atoms with van der Waals surface area (Å²) in [6, 6.07) is 16.4. The molecule has 1 heterocycles. The normalized spacial score (nSPS) is 16.9. The van der Waals surface area contributed by atoms with Crippen LogP contribution in [0, 0.1) is 5.82 Å². The van der Waals surface area contributed by atoms with Gasteiger partial charge in [-0.3, -0.25) is 9.89 Å². The predicted molar refractivity (Wildman–Crippen MR) is 137 cm³/mol. The molecule has 7 heteroatoms. The zero-order valence-corrected chi connectivity index (χ0v) is 21.1. The van der Waals surface area contributed by atoms with Crippen LogP contribution in [0.25, 0.3) is 0 Å². The molecule has 0 radical (unpaired) electrons. The van der Waals surface area contributed by atoms with E-state index in [9.17, 15) is 4.39 Å². The number of rotatable bonds is 8. The molecule has 5 nitrogen and oxygen atoms in total. The van der Waals surface area contributed by atoms with Crippen molar-refractivity contribution in [2.75, 3.05) is 34.2 Å². The number of hydrogen-bond donors (Lipinski definition) is 2. The van der Waals surface area contributed by atoms with Crippen molar-refractivity contribution in [3.63, 3.8) is 0 Å². The highest BCUT2D eigenvalue weighted by Crippen LogP contribution is 2.19. The van der Waals surface area contributed by atoms with E-state index < -0.39 is 0 Å². The van der Waals surface area contributed by atoms with E-state index in [2.05, 4.69) is 50.9 Å². The Kier molecular flexibility index (Phi) is 10.7. The van der Waals surface area contributed by atoms with E-state index in [0.29, 0.717) is 24.7 Å². The Morgan fingerprint density at radius 2 is 1.90 bits per heavy atom. The number of nitrogens with one attached hydrogen (secondary N) is 2. The maximum Gasteiger partial charge on any atom is 0.191 e. The third kappa shape index (κ3) is 8.05. The van der Waals surface area contributed by atoms with Crippen LogP contribution in [-0.2, 0) is 19.6 Å². The molecule has 2 aromatic rings. The lowest BCUT2D eigenvalue weighted by molar-refractivity contribution is 0.245. The van der Waals surface area contributed by atoms with Gasteiger partial charge in [-0.2, -0.15) is 0 Å². The number of nitrogens with zero attached hydrogens (tertiary/aromatic N) is 3. The number of likely N-dealkylation sites (tertiary alicyclic amines) is 1. The van der Waals surface area contributed by atoms with Crippen molar-refractivity contribution in [2.24, 2.45) is 4.99 Å². The van der Waals surface area contributed by atoms with Gasteiger partial charge in [0.25, 0.3) is 0 Å². The summed E-state index contributed by atoms with van der Waals surface area (Å²) in [5.41, 5.74) is 3.12. The van der Waals surface area contributed by atoms with Crippen molar-refractivity contribution >= 4 is 29.9 Å². The third-order valence-electron chi connectivity index (χ3n) is 5.51. The quantitative estimate of drug-likeness (QED) is 0.304. The van der Waals surface area contributed by atoms with Crippen LogP contribution in [-0.4, -0.2) is 56.0 Å². The first-order valence-electron chi connectivity index (χ1n) is 10.7. The van der Waals surface area contributed by atoms with Crippen molar-refractivity contribution < 1.29 is 4.39 Å². The molecule has 31 heavy (non-hydrogen) atoms. The van der Waals surface area contributed by atoms with Crippen LogP contribution in [0.15, 0.2) is 53.5 Å². The molecule has 0 saturated carbocycles. The van der Waals surface area contributed by atoms with Gasteiger partial charge in [-0.25, -0.2) is 4.39 Å². The lowest BCUT2D eigenvalue weighted by Crippen LogP contribution is -2.44. The van der Waals surface area contributed by atoms with Crippen LogP contribution in [0.1, 0.15) is 29.5 Å². The predicted octanol–water partition coefficient (Wildman–Crippen LogP) is 3.83. The standard InChI is InChI=1S/C24H34FN5.HI/c1-26-24(27-15-20-11-12-23(25)21(14-20)18-29(2)3)28-16-22-10-7-13-30(22)17-19-8-5-4-6-9-19;/h4-6,8-9,11-12,14,22H,7,10,13,15-18H2,1-3H3,(H2,26,27,28);1H. The minimum atomic E-state index is -0.158. The van der Waals surface area contributed by atoms with Crippen molar-refractivity contribution in [1.82, 2.24) is 20.4 Å². The summed E-state index contributed by atoms with van der Waals surface area (Å²) in [4.78, 5) is 8.87. The smallest absolute Gasteiger partial charge is 0.191 e. The fourth-order valence-corrected chi connectivity index (χ4v) is 3.97. The number of aliphatic imine (C=N–C) groups is 1. The zero-order chi connectivity index (χ0) is 21.3. The van der Waals surface area contributed by atoms with Gasteiger partial charge in [0.2, 0.25) is 0 Å². The van der Waals surface area contributed by atoms with Crippen LogP contribution in [0.4, 0.5) is 4.39 Å². The van der Waals surface area contributed by atoms with Crippen molar-refractivity contribution in [2.45, 2.75) is 38.5 Å². The first kappa shape index (κ1) is 25.5. The summed E-state index contributed by atoms with van der Waals surface area (Å²) in [5, 5.41) is 6.83. The Hall–Kier alpha value is -1.71. The molecule has 170 valence electrons. The summed E-state index contributed by atoms with van der Waals surface area (Å²) in [6.07, 6.45) is 2.43. The highest BCUT2D eigenvalue weighted by Gasteiger charge is 2.24. The highest BCUT2D eigenvalue weighted by molar-refractivity contribution is 14.0. The molecule has 1 atom stereocenters. The molecule has 3 rings (SSSR count). The van der Waals surface area contributed by atoms with Gasteiger partial charge >= 0.3 is 0 Å². The van der Waals surface area contributed by atoms with Gasteiger partial charge in [0, 0.05) is 44.8 Å². The summed E-state index contributed by atoms with van der Waals surface area (Å²) < 4.78 is 14.0. The van der Waals surface area contributed by atoms with E-state index in [4.69, 9.17) is 0 Å². The average Bonchev–Trinajstić information content (AvgIpc) is 3.17. The fraction of sp³-hybridized carbons (Fsp3) is 0.458. The summed E-state index contributed by atoms with van der Waals surface area (Å²) in [5.74, 6) is 0.620. The first-order valence-corrected chi connectivity index (χ1v) is 10.7. The molecule has 1 aliphatic rings. The largest absolute Gasteiger partial charge is 0.355 e. The van der Waals surface area contributed by atoms with Crippen LogP contribution < -0.4 is 10.6 Å². The van der Waals surface area contributed by atoms with Crippen molar-refractivity contribution in [3.05, 3.63) is 71.0 Å². The molecule has 0 aromatic heterocycles. The average molecular weight is 539 g/mol. The lowest BCUT2D eigenvalue weighted by Gasteiger charge is -2.25. The van der Waals surface area contributed by atoms with E-state index >= 15 is 0 Å². The maximum atomic E-state index is 14.0. The van der Waals surface area contributed by atoms with Gasteiger partial charge in [-0.1, -0.05) is 36.4 Å². The van der Waals surface area contributed by atoms with E-state index in [1.807, 2.05) is 31.1 Å². The Balaban J connectivity index is 0.00000341. The van der Waals surface area contributed by atoms with Gasteiger partial charge in [0.1, 0.15) is 5.82 Å². The molecule has 1 aliphatic heterocycles. The molecule has 1 fully saturated rings. The second kappa shape index (κ2) is 13.0. The van der Waals surface area contributed by atoms with Crippen LogP contribution in [0.5, 0.6) is 0 Å². The van der Waals surface area contributed by atoms with E-state index in [0.717, 1.165) is 31.2 Å². The Morgan fingerprint density at radius 1 is 1.13 bits per heavy atom. The lowest BCUT2D eigenvalue weighted by atomic mass is 10.1. The molecule has 1 unspecified atom stereocenters.